The van der Waals surface area contributed by atoms with Crippen molar-refractivity contribution in [3.05, 3.63) is 24.0 Å². The van der Waals surface area contributed by atoms with Crippen LogP contribution in [0.5, 0.6) is 0 Å². The quantitative estimate of drug-likeness (QED) is 0.548. The van der Waals surface area contributed by atoms with Gasteiger partial charge >= 0.3 is 62.0 Å². The van der Waals surface area contributed by atoms with Crippen LogP contribution in [0.4, 0.5) is 0 Å². The molecule has 0 unspecified atom stereocenters. The van der Waals surface area contributed by atoms with Crippen molar-refractivity contribution in [2.75, 3.05) is 0 Å². The van der Waals surface area contributed by atoms with E-state index < -0.39 is 0 Å². The molecule has 2 radical (unpaired) electrons. The topological polar surface area (TPSA) is 12.9 Å². The molecule has 1 nitrogen and oxygen atoms in total. The predicted molar refractivity (Wildman–Crippen MR) is 35.8 cm³/mol. The first kappa shape index (κ1) is 6.07. The summed E-state index contributed by atoms with van der Waals surface area (Å²) >= 11 is 1.17. The molecule has 0 saturated carbocycles. The van der Waals surface area contributed by atoms with E-state index in [1.54, 1.807) is 0 Å². The minimum absolute atomic E-state index is 1.17. The number of pyridine rings is 1. The molecule has 1 heterocycles. The second-order valence-corrected chi connectivity index (χ2v) is 3.70. The third-order valence-corrected chi connectivity index (χ3v) is 1.80. The van der Waals surface area contributed by atoms with Gasteiger partial charge in [0, 0.05) is 0 Å². The number of aromatic nitrogens is 1. The number of nitrogens with zero attached hydrogens (tertiary/aromatic N) is 1. The van der Waals surface area contributed by atoms with E-state index in [0.717, 1.165) is 0 Å². The standard InChI is InChI=1S/C6H6N.Sn.H/c1-6-3-2-4-7-5-6;;/h3-5H,1H3;;. The van der Waals surface area contributed by atoms with Crippen molar-refractivity contribution in [3.63, 3.8) is 0 Å². The van der Waals surface area contributed by atoms with Crippen LogP contribution < -0.4 is 3.58 Å². The van der Waals surface area contributed by atoms with Crippen LogP contribution in [-0.4, -0.2) is 27.5 Å². The van der Waals surface area contributed by atoms with Gasteiger partial charge in [-0.05, 0) is 0 Å². The summed E-state index contributed by atoms with van der Waals surface area (Å²) < 4.78 is 1.36. The Balaban J connectivity index is 3.08. The molecule has 0 bridgehead atoms. The number of rotatable bonds is 0. The molecule has 0 aliphatic rings. The molecule has 1 aromatic heterocycles. The van der Waals surface area contributed by atoms with Crippen LogP contribution in [0.3, 0.4) is 0 Å². The van der Waals surface area contributed by atoms with E-state index in [1.165, 1.54) is 31.7 Å². The van der Waals surface area contributed by atoms with Gasteiger partial charge in [0.25, 0.3) is 0 Å². The van der Waals surface area contributed by atoms with Crippen molar-refractivity contribution in [2.45, 2.75) is 6.92 Å². The fraction of sp³-hybridized carbons (Fsp3) is 0.167. The Kier molecular flexibility index (Phi) is 1.89. The molecule has 40 valence electrons. The van der Waals surface area contributed by atoms with Gasteiger partial charge < -0.3 is 0 Å². The first-order chi connectivity index (χ1) is 3.79. The average Bonchev–Trinajstić information content (AvgIpc) is 1.64. The molecule has 0 aliphatic carbocycles. The number of hydrogen-bond donors (Lipinski definition) is 0. The fourth-order valence-corrected chi connectivity index (χ4v) is 1.57. The molecule has 0 saturated heterocycles. The number of hydrogen-bond acceptors (Lipinski definition) is 1. The van der Waals surface area contributed by atoms with Gasteiger partial charge in [0.2, 0.25) is 0 Å². The summed E-state index contributed by atoms with van der Waals surface area (Å²) in [6, 6.07) is 2.16. The van der Waals surface area contributed by atoms with Gasteiger partial charge in [-0.25, -0.2) is 0 Å². The molecule has 0 atom stereocenters. The minimum atomic E-state index is 1.17. The van der Waals surface area contributed by atoms with Crippen LogP contribution in [0.15, 0.2) is 18.5 Å². The maximum absolute atomic E-state index is 4.02. The van der Waals surface area contributed by atoms with Gasteiger partial charge in [-0.3, -0.25) is 0 Å². The Morgan fingerprint density at radius 1 is 1.50 bits per heavy atom. The normalized spacial score (nSPS) is 9.25. The summed E-state index contributed by atoms with van der Waals surface area (Å²) in [5, 5.41) is 0. The van der Waals surface area contributed by atoms with Crippen LogP contribution in [0, 0.1) is 6.92 Å². The fourth-order valence-electron chi connectivity index (χ4n) is 0.578. The summed E-state index contributed by atoms with van der Waals surface area (Å²) in [7, 11) is 0. The molecule has 0 spiro atoms. The van der Waals surface area contributed by atoms with Crippen molar-refractivity contribution in [1.82, 2.24) is 4.98 Å². The Morgan fingerprint density at radius 3 is 2.62 bits per heavy atom. The van der Waals surface area contributed by atoms with Crippen molar-refractivity contribution in [2.24, 2.45) is 0 Å². The Labute approximate surface area is 62.2 Å². The Morgan fingerprint density at radius 2 is 2.25 bits per heavy atom. The first-order valence-corrected chi connectivity index (χ1v) is 4.11. The second-order valence-electron chi connectivity index (χ2n) is 1.80. The summed E-state index contributed by atoms with van der Waals surface area (Å²) in [5.74, 6) is 0. The zero-order chi connectivity index (χ0) is 5.98. The molecular formula is C6H7NSn. The molecule has 0 N–H and O–H groups in total. The average molecular weight is 212 g/mol. The zero-order valence-electron chi connectivity index (χ0n) is 4.76. The van der Waals surface area contributed by atoms with Crippen molar-refractivity contribution in [3.8, 4) is 0 Å². The Bertz CT molecular complexity index is 168. The van der Waals surface area contributed by atoms with Gasteiger partial charge in [0.1, 0.15) is 0 Å². The van der Waals surface area contributed by atoms with Crippen LogP contribution in [0.25, 0.3) is 0 Å². The van der Waals surface area contributed by atoms with Crippen LogP contribution in [-0.2, 0) is 0 Å². The van der Waals surface area contributed by atoms with Crippen molar-refractivity contribution in [1.29, 1.82) is 0 Å². The second kappa shape index (κ2) is 2.48. The Hall–Kier alpha value is -0.0513. The molecule has 0 fully saturated rings. The van der Waals surface area contributed by atoms with Crippen LogP contribution >= 0.6 is 0 Å². The SMILES string of the molecule is Cc1cnc[c]([SnH])c1. The third kappa shape index (κ3) is 1.47. The molecule has 0 aliphatic heterocycles. The van der Waals surface area contributed by atoms with E-state index >= 15 is 0 Å². The van der Waals surface area contributed by atoms with Gasteiger partial charge in [0.15, 0.2) is 0 Å². The molecule has 0 amide bonds. The summed E-state index contributed by atoms with van der Waals surface area (Å²) in [4.78, 5) is 4.02. The summed E-state index contributed by atoms with van der Waals surface area (Å²) in [6.07, 6.45) is 3.79. The molecule has 0 aromatic carbocycles. The van der Waals surface area contributed by atoms with E-state index in [2.05, 4.69) is 18.0 Å². The van der Waals surface area contributed by atoms with Gasteiger partial charge in [-0.2, -0.15) is 0 Å². The monoisotopic (exact) mass is 213 g/mol. The van der Waals surface area contributed by atoms with E-state index in [0.29, 0.717) is 0 Å². The van der Waals surface area contributed by atoms with E-state index in [-0.39, 0.29) is 0 Å². The van der Waals surface area contributed by atoms with Gasteiger partial charge in [-0.1, -0.05) is 0 Å². The van der Waals surface area contributed by atoms with Crippen molar-refractivity contribution >= 4 is 26.1 Å². The van der Waals surface area contributed by atoms with Gasteiger partial charge in [-0.15, -0.1) is 0 Å². The zero-order valence-corrected chi connectivity index (χ0v) is 8.05. The third-order valence-electron chi connectivity index (χ3n) is 0.896. The predicted octanol–water partition coefficient (Wildman–Crippen LogP) is -0.0839. The maximum atomic E-state index is 4.02. The van der Waals surface area contributed by atoms with E-state index in [1.807, 2.05) is 12.4 Å². The molecule has 1 aromatic rings. The van der Waals surface area contributed by atoms with Crippen LogP contribution in [0.1, 0.15) is 5.56 Å². The van der Waals surface area contributed by atoms with Crippen molar-refractivity contribution < 1.29 is 0 Å². The summed E-state index contributed by atoms with van der Waals surface area (Å²) in [5.41, 5.74) is 1.26. The molecular weight excluding hydrogens is 205 g/mol. The first-order valence-electron chi connectivity index (χ1n) is 2.46. The molecule has 2 heteroatoms. The van der Waals surface area contributed by atoms with Crippen LogP contribution in [0.2, 0.25) is 0 Å². The molecule has 8 heavy (non-hydrogen) atoms. The van der Waals surface area contributed by atoms with E-state index in [4.69, 9.17) is 0 Å². The number of aryl methyl sites for hydroxylation is 1. The van der Waals surface area contributed by atoms with E-state index in [9.17, 15) is 0 Å². The summed E-state index contributed by atoms with van der Waals surface area (Å²) in [6.45, 7) is 2.06. The van der Waals surface area contributed by atoms with Gasteiger partial charge in [0.05, 0.1) is 0 Å². The molecule has 1 rings (SSSR count).